The van der Waals surface area contributed by atoms with Crippen LogP contribution in [0.25, 0.3) is 5.57 Å². The normalized spacial score (nSPS) is 16.1. The van der Waals surface area contributed by atoms with Gasteiger partial charge >= 0.3 is 0 Å². The molecule has 5 heteroatoms. The zero-order valence-corrected chi connectivity index (χ0v) is 18.7. The molecule has 0 spiro atoms. The van der Waals surface area contributed by atoms with Crippen LogP contribution in [-0.4, -0.2) is 18.4 Å². The number of amides is 2. The highest BCUT2D eigenvalue weighted by Gasteiger charge is 2.43. The first kappa shape index (κ1) is 21.1. The number of nitrogens with zero attached hydrogens (tertiary/aromatic N) is 2. The average Bonchev–Trinajstić information content (AvgIpc) is 3.09. The molecular formula is C28H25FN2O2. The van der Waals surface area contributed by atoms with Crippen molar-refractivity contribution in [1.29, 1.82) is 0 Å². The summed E-state index contributed by atoms with van der Waals surface area (Å²) in [7, 11) is 0. The van der Waals surface area contributed by atoms with E-state index < -0.39 is 0 Å². The standard InChI is InChI=1S/C28H25FN2O2/c1-18(2)19-11-15-23(16-12-19)31-27(32)25(21-9-13-22(29)14-10-21)26(28(31)33)30-17-5-7-20-6-3-4-8-24(20)30/h3-4,6,8-16,18H,5,7,17H2,1-2H3. The van der Waals surface area contributed by atoms with E-state index in [4.69, 9.17) is 0 Å². The van der Waals surface area contributed by atoms with Crippen molar-refractivity contribution in [2.75, 3.05) is 16.3 Å². The molecular weight excluding hydrogens is 415 g/mol. The second-order valence-corrected chi connectivity index (χ2v) is 8.81. The van der Waals surface area contributed by atoms with Gasteiger partial charge in [0.05, 0.1) is 11.3 Å². The van der Waals surface area contributed by atoms with Gasteiger partial charge in [-0.2, -0.15) is 0 Å². The number of anilines is 2. The Bertz CT molecular complexity index is 1260. The molecule has 0 aromatic heterocycles. The number of carbonyl (C=O) groups excluding carboxylic acids is 2. The van der Waals surface area contributed by atoms with Crippen LogP contribution in [0, 0.1) is 5.82 Å². The maximum absolute atomic E-state index is 13.8. The summed E-state index contributed by atoms with van der Waals surface area (Å²) in [4.78, 5) is 30.7. The summed E-state index contributed by atoms with van der Waals surface area (Å²) < 4.78 is 13.7. The molecule has 0 radical (unpaired) electrons. The molecule has 2 amide bonds. The van der Waals surface area contributed by atoms with Crippen molar-refractivity contribution < 1.29 is 14.0 Å². The third-order valence-electron chi connectivity index (χ3n) is 6.39. The predicted molar refractivity (Wildman–Crippen MR) is 128 cm³/mol. The van der Waals surface area contributed by atoms with Crippen molar-refractivity contribution in [3.63, 3.8) is 0 Å². The maximum Gasteiger partial charge on any atom is 0.282 e. The predicted octanol–water partition coefficient (Wildman–Crippen LogP) is 5.69. The Morgan fingerprint density at radius 3 is 2.24 bits per heavy atom. The summed E-state index contributed by atoms with van der Waals surface area (Å²) in [5, 5.41) is 0. The van der Waals surface area contributed by atoms with Gasteiger partial charge < -0.3 is 4.90 Å². The van der Waals surface area contributed by atoms with Gasteiger partial charge in [0.15, 0.2) is 0 Å². The van der Waals surface area contributed by atoms with Crippen LogP contribution < -0.4 is 9.80 Å². The molecule has 3 aromatic rings. The SMILES string of the molecule is CC(C)c1ccc(N2C(=O)C(c3ccc(F)cc3)=C(N3CCCc4ccccc43)C2=O)cc1. The lowest BCUT2D eigenvalue weighted by atomic mass is 9.98. The van der Waals surface area contributed by atoms with Gasteiger partial charge in [0.25, 0.3) is 11.8 Å². The van der Waals surface area contributed by atoms with Gasteiger partial charge in [-0.1, -0.05) is 56.3 Å². The van der Waals surface area contributed by atoms with Gasteiger partial charge in [-0.25, -0.2) is 9.29 Å². The highest BCUT2D eigenvalue weighted by Crippen LogP contribution is 2.39. The number of imide groups is 1. The minimum absolute atomic E-state index is 0.310. The minimum atomic E-state index is -0.387. The van der Waals surface area contributed by atoms with Gasteiger partial charge in [0, 0.05) is 12.2 Å². The van der Waals surface area contributed by atoms with Crippen molar-refractivity contribution in [3.05, 3.63) is 101 Å². The Kier molecular flexibility index (Phi) is 5.33. The zero-order valence-electron chi connectivity index (χ0n) is 18.7. The summed E-state index contributed by atoms with van der Waals surface area (Å²) in [6.45, 7) is 4.83. The molecule has 2 aliphatic rings. The van der Waals surface area contributed by atoms with E-state index in [1.165, 1.54) is 17.0 Å². The summed E-state index contributed by atoms with van der Waals surface area (Å²) >= 11 is 0. The van der Waals surface area contributed by atoms with E-state index in [0.29, 0.717) is 35.0 Å². The van der Waals surface area contributed by atoms with E-state index in [1.807, 2.05) is 47.4 Å². The molecule has 2 aliphatic heterocycles. The summed E-state index contributed by atoms with van der Waals surface area (Å²) in [6, 6.07) is 21.3. The van der Waals surface area contributed by atoms with Crippen molar-refractivity contribution in [1.82, 2.24) is 0 Å². The van der Waals surface area contributed by atoms with Gasteiger partial charge in [-0.3, -0.25) is 9.59 Å². The summed E-state index contributed by atoms with van der Waals surface area (Å²) in [5.41, 5.74) is 4.96. The second kappa shape index (κ2) is 8.32. The molecule has 0 saturated carbocycles. The van der Waals surface area contributed by atoms with Crippen LogP contribution in [0.5, 0.6) is 0 Å². The number of aryl methyl sites for hydroxylation is 1. The lowest BCUT2D eigenvalue weighted by Crippen LogP contribution is -2.37. The van der Waals surface area contributed by atoms with Crippen molar-refractivity contribution in [2.24, 2.45) is 0 Å². The molecule has 0 bridgehead atoms. The molecule has 3 aromatic carbocycles. The van der Waals surface area contributed by atoms with Crippen LogP contribution in [0.2, 0.25) is 0 Å². The Labute approximate surface area is 193 Å². The fourth-order valence-electron chi connectivity index (χ4n) is 4.65. The van der Waals surface area contributed by atoms with Gasteiger partial charge in [-0.05, 0) is 65.8 Å². The number of hydrogen-bond donors (Lipinski definition) is 0. The fourth-order valence-corrected chi connectivity index (χ4v) is 4.65. The Hall–Kier alpha value is -3.73. The largest absolute Gasteiger partial charge is 0.336 e. The molecule has 0 aliphatic carbocycles. The van der Waals surface area contributed by atoms with Crippen molar-refractivity contribution in [2.45, 2.75) is 32.6 Å². The van der Waals surface area contributed by atoms with E-state index in [-0.39, 0.29) is 17.6 Å². The third kappa shape index (κ3) is 3.63. The van der Waals surface area contributed by atoms with E-state index in [2.05, 4.69) is 19.9 Å². The van der Waals surface area contributed by atoms with Crippen LogP contribution in [0.15, 0.2) is 78.5 Å². The van der Waals surface area contributed by atoms with E-state index >= 15 is 0 Å². The number of halogens is 1. The molecule has 0 atom stereocenters. The van der Waals surface area contributed by atoms with Crippen LogP contribution >= 0.6 is 0 Å². The van der Waals surface area contributed by atoms with Crippen molar-refractivity contribution >= 4 is 28.8 Å². The molecule has 2 heterocycles. The Balaban J connectivity index is 1.65. The van der Waals surface area contributed by atoms with Crippen LogP contribution in [0.1, 0.15) is 42.9 Å². The molecule has 33 heavy (non-hydrogen) atoms. The second-order valence-electron chi connectivity index (χ2n) is 8.81. The smallest absolute Gasteiger partial charge is 0.282 e. The Morgan fingerprint density at radius 1 is 0.848 bits per heavy atom. The van der Waals surface area contributed by atoms with E-state index in [9.17, 15) is 14.0 Å². The quantitative estimate of drug-likeness (QED) is 0.490. The van der Waals surface area contributed by atoms with Crippen LogP contribution in [-0.2, 0) is 16.0 Å². The molecule has 0 unspecified atom stereocenters. The average molecular weight is 441 g/mol. The first-order chi connectivity index (χ1) is 16.0. The fraction of sp³-hybridized carbons (Fsp3) is 0.214. The molecule has 0 saturated heterocycles. The first-order valence-corrected chi connectivity index (χ1v) is 11.3. The van der Waals surface area contributed by atoms with E-state index in [0.717, 1.165) is 29.7 Å². The highest BCUT2D eigenvalue weighted by molar-refractivity contribution is 6.46. The summed E-state index contributed by atoms with van der Waals surface area (Å²) in [5.74, 6) is -0.783. The van der Waals surface area contributed by atoms with Gasteiger partial charge in [0.2, 0.25) is 0 Å². The molecule has 4 nitrogen and oxygen atoms in total. The molecule has 0 fully saturated rings. The molecule has 0 N–H and O–H groups in total. The number of hydrogen-bond acceptors (Lipinski definition) is 3. The van der Waals surface area contributed by atoms with Crippen molar-refractivity contribution in [3.8, 4) is 0 Å². The van der Waals surface area contributed by atoms with Gasteiger partial charge in [-0.15, -0.1) is 0 Å². The third-order valence-corrected chi connectivity index (χ3v) is 6.39. The number of fused-ring (bicyclic) bond motifs is 1. The van der Waals surface area contributed by atoms with E-state index in [1.54, 1.807) is 12.1 Å². The number of rotatable bonds is 4. The zero-order chi connectivity index (χ0) is 23.1. The monoisotopic (exact) mass is 440 g/mol. The first-order valence-electron chi connectivity index (χ1n) is 11.3. The topological polar surface area (TPSA) is 40.6 Å². The lowest BCUT2D eigenvalue weighted by molar-refractivity contribution is -0.120. The molecule has 166 valence electrons. The van der Waals surface area contributed by atoms with Crippen LogP contribution in [0.4, 0.5) is 15.8 Å². The number of carbonyl (C=O) groups is 2. The minimum Gasteiger partial charge on any atom is -0.336 e. The lowest BCUT2D eigenvalue weighted by Gasteiger charge is -2.32. The summed E-state index contributed by atoms with van der Waals surface area (Å²) in [6.07, 6.45) is 1.80. The molecule has 5 rings (SSSR count). The van der Waals surface area contributed by atoms with Gasteiger partial charge in [0.1, 0.15) is 11.5 Å². The Morgan fingerprint density at radius 2 is 1.55 bits per heavy atom. The number of para-hydroxylation sites is 1. The highest BCUT2D eigenvalue weighted by atomic mass is 19.1. The number of benzene rings is 3. The maximum atomic E-state index is 13.8. The van der Waals surface area contributed by atoms with Crippen LogP contribution in [0.3, 0.4) is 0 Å².